The van der Waals surface area contributed by atoms with Gasteiger partial charge in [0.2, 0.25) is 17.7 Å². The smallest absolute Gasteiger partial charge is 0.242 e. The Labute approximate surface area is 130 Å². The molecule has 0 bridgehead atoms. The first kappa shape index (κ1) is 16.5. The van der Waals surface area contributed by atoms with Gasteiger partial charge in [-0.15, -0.1) is 0 Å². The molecule has 1 fully saturated rings. The van der Waals surface area contributed by atoms with Gasteiger partial charge < -0.3 is 15.2 Å². The van der Waals surface area contributed by atoms with Crippen molar-refractivity contribution in [2.45, 2.75) is 64.3 Å². The summed E-state index contributed by atoms with van der Waals surface area (Å²) in [6.07, 6.45) is 4.17. The van der Waals surface area contributed by atoms with E-state index in [9.17, 15) is 9.59 Å². The molecule has 0 aromatic carbocycles. The minimum absolute atomic E-state index is 0.0793. The normalized spacial score (nSPS) is 18.9. The van der Waals surface area contributed by atoms with Gasteiger partial charge in [-0.05, 0) is 25.7 Å². The molecule has 0 unspecified atom stereocenters. The quantitative estimate of drug-likeness (QED) is 0.825. The number of carbonyl (C=O) groups excluding carboxylic acids is 2. The third-order valence-electron chi connectivity index (χ3n) is 3.67. The van der Waals surface area contributed by atoms with Gasteiger partial charge in [-0.1, -0.05) is 19.0 Å². The fourth-order valence-corrected chi connectivity index (χ4v) is 2.35. The van der Waals surface area contributed by atoms with Crippen LogP contribution in [0.3, 0.4) is 0 Å². The molecule has 0 radical (unpaired) electrons. The first-order valence-corrected chi connectivity index (χ1v) is 7.96. The Morgan fingerprint density at radius 1 is 1.45 bits per heavy atom. The Morgan fingerprint density at radius 3 is 3.00 bits per heavy atom. The summed E-state index contributed by atoms with van der Waals surface area (Å²) >= 11 is 0. The van der Waals surface area contributed by atoms with Crippen LogP contribution >= 0.6 is 0 Å². The first-order chi connectivity index (χ1) is 10.6. The molecule has 0 spiro atoms. The SMILES string of the molecule is CC(C)c1noc(CCCC(=O)N[C@H]2CCCCNC2=O)n1. The van der Waals surface area contributed by atoms with E-state index in [4.69, 9.17) is 4.52 Å². The van der Waals surface area contributed by atoms with Crippen molar-refractivity contribution < 1.29 is 14.1 Å². The molecule has 0 saturated carbocycles. The van der Waals surface area contributed by atoms with Crippen LogP contribution in [0.2, 0.25) is 0 Å². The van der Waals surface area contributed by atoms with E-state index < -0.39 is 6.04 Å². The molecule has 7 nitrogen and oxygen atoms in total. The van der Waals surface area contributed by atoms with E-state index in [1.54, 1.807) is 0 Å². The lowest BCUT2D eigenvalue weighted by atomic mass is 10.1. The fraction of sp³-hybridized carbons (Fsp3) is 0.733. The van der Waals surface area contributed by atoms with E-state index >= 15 is 0 Å². The molecule has 1 aliphatic rings. The van der Waals surface area contributed by atoms with Gasteiger partial charge in [0.15, 0.2) is 5.82 Å². The summed E-state index contributed by atoms with van der Waals surface area (Å²) in [7, 11) is 0. The van der Waals surface area contributed by atoms with Crippen LogP contribution in [0.5, 0.6) is 0 Å². The fourth-order valence-electron chi connectivity index (χ4n) is 2.35. The summed E-state index contributed by atoms with van der Waals surface area (Å²) in [5.74, 6) is 1.29. The van der Waals surface area contributed by atoms with Gasteiger partial charge in [-0.2, -0.15) is 4.98 Å². The number of hydrogen-bond donors (Lipinski definition) is 2. The van der Waals surface area contributed by atoms with Gasteiger partial charge >= 0.3 is 0 Å². The standard InChI is InChI=1S/C15H24N4O3/c1-10(2)14-18-13(22-19-14)8-5-7-12(20)17-11-6-3-4-9-16-15(11)21/h10-11H,3-9H2,1-2H3,(H,16,21)(H,17,20)/t11-/m0/s1. The molecule has 2 heterocycles. The zero-order chi connectivity index (χ0) is 15.9. The average molecular weight is 308 g/mol. The molecule has 1 aromatic rings. The number of nitrogens with one attached hydrogen (secondary N) is 2. The van der Waals surface area contributed by atoms with Crippen molar-refractivity contribution in [2.24, 2.45) is 0 Å². The van der Waals surface area contributed by atoms with Crippen molar-refractivity contribution in [1.82, 2.24) is 20.8 Å². The van der Waals surface area contributed by atoms with Crippen molar-refractivity contribution in [3.63, 3.8) is 0 Å². The first-order valence-electron chi connectivity index (χ1n) is 7.96. The summed E-state index contributed by atoms with van der Waals surface area (Å²) in [5, 5.41) is 9.50. The van der Waals surface area contributed by atoms with Crippen LogP contribution in [-0.2, 0) is 16.0 Å². The lowest BCUT2D eigenvalue weighted by molar-refractivity contribution is -0.128. The van der Waals surface area contributed by atoms with E-state index in [2.05, 4.69) is 20.8 Å². The molecular formula is C15H24N4O3. The average Bonchev–Trinajstić information content (AvgIpc) is 2.86. The zero-order valence-corrected chi connectivity index (χ0v) is 13.2. The Balaban J connectivity index is 1.71. The topological polar surface area (TPSA) is 97.1 Å². The van der Waals surface area contributed by atoms with Crippen molar-refractivity contribution in [3.8, 4) is 0 Å². The van der Waals surface area contributed by atoms with E-state index in [-0.39, 0.29) is 17.7 Å². The molecule has 22 heavy (non-hydrogen) atoms. The van der Waals surface area contributed by atoms with Gasteiger partial charge in [0.1, 0.15) is 6.04 Å². The molecule has 1 atom stereocenters. The molecular weight excluding hydrogens is 284 g/mol. The second kappa shape index (κ2) is 7.91. The number of nitrogens with zero attached hydrogens (tertiary/aromatic N) is 2. The third kappa shape index (κ3) is 4.82. The molecule has 1 aliphatic heterocycles. The number of amides is 2. The largest absolute Gasteiger partial charge is 0.354 e. The van der Waals surface area contributed by atoms with Crippen LogP contribution in [0.1, 0.15) is 63.6 Å². The van der Waals surface area contributed by atoms with E-state index in [1.807, 2.05) is 13.8 Å². The Kier molecular flexibility index (Phi) is 5.91. The van der Waals surface area contributed by atoms with Gasteiger partial charge in [0, 0.05) is 25.3 Å². The van der Waals surface area contributed by atoms with Gasteiger partial charge in [0.05, 0.1) is 0 Å². The maximum Gasteiger partial charge on any atom is 0.242 e. The Bertz CT molecular complexity index is 513. The highest BCUT2D eigenvalue weighted by molar-refractivity contribution is 5.87. The van der Waals surface area contributed by atoms with Crippen LogP contribution in [-0.4, -0.2) is 34.5 Å². The number of carbonyl (C=O) groups is 2. The van der Waals surface area contributed by atoms with Crippen molar-refractivity contribution >= 4 is 11.8 Å². The molecule has 0 aliphatic carbocycles. The van der Waals surface area contributed by atoms with Crippen LogP contribution in [0.25, 0.3) is 0 Å². The van der Waals surface area contributed by atoms with Crippen LogP contribution in [0.15, 0.2) is 4.52 Å². The predicted octanol–water partition coefficient (Wildman–Crippen LogP) is 1.30. The number of aryl methyl sites for hydroxylation is 1. The van der Waals surface area contributed by atoms with Crippen LogP contribution in [0, 0.1) is 0 Å². The number of hydrogen-bond acceptors (Lipinski definition) is 5. The van der Waals surface area contributed by atoms with Gasteiger partial charge in [-0.25, -0.2) is 0 Å². The Morgan fingerprint density at radius 2 is 2.27 bits per heavy atom. The molecule has 122 valence electrons. The molecule has 1 saturated heterocycles. The second-order valence-corrected chi connectivity index (χ2v) is 5.96. The second-order valence-electron chi connectivity index (χ2n) is 5.96. The zero-order valence-electron chi connectivity index (χ0n) is 13.2. The molecule has 1 aromatic heterocycles. The number of aromatic nitrogens is 2. The summed E-state index contributed by atoms with van der Waals surface area (Å²) in [4.78, 5) is 27.9. The molecule has 2 amide bonds. The molecule has 7 heteroatoms. The molecule has 2 N–H and O–H groups in total. The van der Waals surface area contributed by atoms with Crippen molar-refractivity contribution in [3.05, 3.63) is 11.7 Å². The minimum atomic E-state index is -0.397. The highest BCUT2D eigenvalue weighted by atomic mass is 16.5. The van der Waals surface area contributed by atoms with Crippen LogP contribution < -0.4 is 10.6 Å². The maximum absolute atomic E-state index is 11.9. The highest BCUT2D eigenvalue weighted by Crippen LogP contribution is 2.11. The van der Waals surface area contributed by atoms with Crippen LogP contribution in [0.4, 0.5) is 0 Å². The monoisotopic (exact) mass is 308 g/mol. The molecule has 2 rings (SSSR count). The maximum atomic E-state index is 11.9. The van der Waals surface area contributed by atoms with Gasteiger partial charge in [-0.3, -0.25) is 9.59 Å². The number of rotatable bonds is 6. The van der Waals surface area contributed by atoms with Crippen molar-refractivity contribution in [2.75, 3.05) is 6.54 Å². The summed E-state index contributed by atoms with van der Waals surface area (Å²) in [6, 6.07) is -0.397. The Hall–Kier alpha value is -1.92. The van der Waals surface area contributed by atoms with Gasteiger partial charge in [0.25, 0.3) is 0 Å². The minimum Gasteiger partial charge on any atom is -0.354 e. The van der Waals surface area contributed by atoms with E-state index in [1.165, 1.54) is 0 Å². The van der Waals surface area contributed by atoms with E-state index in [0.29, 0.717) is 43.9 Å². The third-order valence-corrected chi connectivity index (χ3v) is 3.67. The summed E-state index contributed by atoms with van der Waals surface area (Å²) in [5.41, 5.74) is 0. The lowest BCUT2D eigenvalue weighted by Gasteiger charge is -2.14. The predicted molar refractivity (Wildman–Crippen MR) is 80.1 cm³/mol. The summed E-state index contributed by atoms with van der Waals surface area (Å²) in [6.45, 7) is 4.69. The van der Waals surface area contributed by atoms with E-state index in [0.717, 1.165) is 12.8 Å². The van der Waals surface area contributed by atoms with Crippen molar-refractivity contribution in [1.29, 1.82) is 0 Å². The highest BCUT2D eigenvalue weighted by Gasteiger charge is 2.22. The summed E-state index contributed by atoms with van der Waals surface area (Å²) < 4.78 is 5.13. The lowest BCUT2D eigenvalue weighted by Crippen LogP contribution is -2.45.